The van der Waals surface area contributed by atoms with E-state index in [1.807, 2.05) is 13.0 Å². The van der Waals surface area contributed by atoms with Crippen LogP contribution >= 0.6 is 11.6 Å². The van der Waals surface area contributed by atoms with E-state index in [4.69, 9.17) is 11.6 Å². The lowest BCUT2D eigenvalue weighted by Crippen LogP contribution is -2.11. The van der Waals surface area contributed by atoms with E-state index >= 15 is 0 Å². The Morgan fingerprint density at radius 2 is 1.96 bits per heavy atom. The molecule has 3 aromatic rings. The Bertz CT molecular complexity index is 1030. The summed E-state index contributed by atoms with van der Waals surface area (Å²) < 4.78 is 22.8. The molecule has 0 bridgehead atoms. The maximum atomic E-state index is 11.6. The summed E-state index contributed by atoms with van der Waals surface area (Å²) >= 11 is 3.89. The molecule has 0 radical (unpaired) electrons. The first kappa shape index (κ1) is 19.3. The van der Waals surface area contributed by atoms with Crippen LogP contribution in [-0.2, 0) is 28.8 Å². The Labute approximate surface area is 163 Å². The van der Waals surface area contributed by atoms with Crippen LogP contribution < -0.4 is 0 Å². The number of carboxylic acids is 1. The molecule has 2 aromatic heterocycles. The molecule has 0 saturated carbocycles. The fraction of sp³-hybridized carbons (Fsp3) is 0.158. The predicted octanol–water partition coefficient (Wildman–Crippen LogP) is 3.77. The van der Waals surface area contributed by atoms with Crippen molar-refractivity contribution in [2.24, 2.45) is 0 Å². The fourth-order valence-corrected chi connectivity index (χ4v) is 3.78. The predicted molar refractivity (Wildman–Crippen MR) is 103 cm³/mol. The first-order chi connectivity index (χ1) is 12.9. The van der Waals surface area contributed by atoms with Gasteiger partial charge in [-0.2, -0.15) is 0 Å². The molecule has 0 aliphatic heterocycles. The number of hydrogen-bond donors (Lipinski definition) is 2. The summed E-state index contributed by atoms with van der Waals surface area (Å²) in [6, 6.07) is 12.2. The highest BCUT2D eigenvalue weighted by molar-refractivity contribution is 7.79. The average Bonchev–Trinajstić information content (AvgIpc) is 2.91. The Morgan fingerprint density at radius 3 is 2.63 bits per heavy atom. The van der Waals surface area contributed by atoms with Crippen molar-refractivity contribution in [3.8, 4) is 11.3 Å². The van der Waals surface area contributed by atoms with Gasteiger partial charge in [0, 0.05) is 29.6 Å². The number of nitrogens with zero attached hydrogens (tertiary/aromatic N) is 2. The van der Waals surface area contributed by atoms with E-state index in [9.17, 15) is 18.7 Å². The molecule has 1 atom stereocenters. The molecule has 6 nitrogen and oxygen atoms in total. The maximum Gasteiger partial charge on any atom is 0.323 e. The molecule has 0 amide bonds. The van der Waals surface area contributed by atoms with Crippen molar-refractivity contribution in [2.75, 3.05) is 0 Å². The van der Waals surface area contributed by atoms with Crippen LogP contribution in [0.15, 0.2) is 53.6 Å². The Morgan fingerprint density at radius 1 is 1.22 bits per heavy atom. The van der Waals surface area contributed by atoms with Gasteiger partial charge in [0.05, 0.1) is 4.90 Å². The molecule has 0 aliphatic carbocycles. The number of aromatic nitrogens is 2. The minimum absolute atomic E-state index is 0.200. The van der Waals surface area contributed by atoms with Gasteiger partial charge in [0.1, 0.15) is 11.7 Å². The molecule has 27 heavy (non-hydrogen) atoms. The van der Waals surface area contributed by atoms with Gasteiger partial charge in [-0.25, -0.2) is 9.19 Å². The topological polar surface area (TPSA) is 92.4 Å². The molecular formula is C19H17ClN2O4S. The van der Waals surface area contributed by atoms with E-state index in [2.05, 4.69) is 4.98 Å². The first-order valence-electron chi connectivity index (χ1n) is 8.08. The SMILES string of the molecule is Cc1c(Cc2ccccc2S(=O)O)cc(-c2ccnc(Cl)c2)n1CC(=O)O. The van der Waals surface area contributed by atoms with Crippen molar-refractivity contribution in [2.45, 2.75) is 24.8 Å². The summed E-state index contributed by atoms with van der Waals surface area (Å²) in [4.78, 5) is 15.7. The standard InChI is InChI=1S/C19H17ClN2O4S/c1-12-15(8-14-4-2-3-5-17(14)27(25)26)9-16(22(12)11-19(23)24)13-6-7-21-18(20)10-13/h2-7,9-10H,8,11H2,1H3,(H,23,24)(H,25,26). The number of pyridine rings is 1. The fourth-order valence-electron chi connectivity index (χ4n) is 3.05. The quantitative estimate of drug-likeness (QED) is 0.482. The Kier molecular flexibility index (Phi) is 5.74. The molecule has 1 aromatic carbocycles. The molecule has 140 valence electrons. The van der Waals surface area contributed by atoms with Crippen molar-refractivity contribution in [1.82, 2.24) is 9.55 Å². The zero-order chi connectivity index (χ0) is 19.6. The van der Waals surface area contributed by atoms with Crippen molar-refractivity contribution in [3.05, 3.63) is 70.6 Å². The second-order valence-electron chi connectivity index (χ2n) is 6.02. The van der Waals surface area contributed by atoms with Crippen LogP contribution in [0.4, 0.5) is 0 Å². The largest absolute Gasteiger partial charge is 0.480 e. The second kappa shape index (κ2) is 8.04. The zero-order valence-corrected chi connectivity index (χ0v) is 16.0. The number of carbonyl (C=O) groups is 1. The van der Waals surface area contributed by atoms with Crippen LogP contribution in [0, 0.1) is 6.92 Å². The molecule has 0 fully saturated rings. The van der Waals surface area contributed by atoms with Crippen molar-refractivity contribution < 1.29 is 18.7 Å². The van der Waals surface area contributed by atoms with Crippen molar-refractivity contribution in [1.29, 1.82) is 0 Å². The van der Waals surface area contributed by atoms with Gasteiger partial charge in [-0.15, -0.1) is 0 Å². The van der Waals surface area contributed by atoms with Crippen LogP contribution in [0.5, 0.6) is 0 Å². The van der Waals surface area contributed by atoms with Gasteiger partial charge in [0.2, 0.25) is 0 Å². The van der Waals surface area contributed by atoms with Crippen LogP contribution in [0.2, 0.25) is 5.15 Å². The van der Waals surface area contributed by atoms with Gasteiger partial charge in [-0.05, 0) is 42.3 Å². The zero-order valence-electron chi connectivity index (χ0n) is 14.4. The number of hydrogen-bond acceptors (Lipinski definition) is 3. The third-order valence-electron chi connectivity index (χ3n) is 4.33. The molecule has 1 unspecified atom stereocenters. The van der Waals surface area contributed by atoms with Gasteiger partial charge in [-0.1, -0.05) is 29.8 Å². The molecule has 0 saturated heterocycles. The minimum atomic E-state index is -2.09. The van der Waals surface area contributed by atoms with E-state index in [0.717, 1.165) is 16.8 Å². The van der Waals surface area contributed by atoms with Gasteiger partial charge < -0.3 is 14.2 Å². The Balaban J connectivity index is 2.10. The van der Waals surface area contributed by atoms with Crippen molar-refractivity contribution in [3.63, 3.8) is 0 Å². The highest BCUT2D eigenvalue weighted by Crippen LogP contribution is 2.29. The van der Waals surface area contributed by atoms with Crippen LogP contribution in [0.3, 0.4) is 0 Å². The normalized spacial score (nSPS) is 12.1. The molecule has 8 heteroatoms. The summed E-state index contributed by atoms with van der Waals surface area (Å²) in [5, 5.41) is 9.62. The minimum Gasteiger partial charge on any atom is -0.480 e. The molecule has 2 heterocycles. The molecule has 2 N–H and O–H groups in total. The van der Waals surface area contributed by atoms with E-state index in [-0.39, 0.29) is 6.54 Å². The van der Waals surface area contributed by atoms with Gasteiger partial charge in [0.15, 0.2) is 11.1 Å². The monoisotopic (exact) mass is 404 g/mol. The van der Waals surface area contributed by atoms with E-state index < -0.39 is 17.0 Å². The number of rotatable bonds is 6. The number of halogens is 1. The average molecular weight is 405 g/mol. The van der Waals surface area contributed by atoms with E-state index in [1.165, 1.54) is 0 Å². The van der Waals surface area contributed by atoms with Gasteiger partial charge >= 0.3 is 5.97 Å². The van der Waals surface area contributed by atoms with Gasteiger partial charge in [0.25, 0.3) is 0 Å². The lowest BCUT2D eigenvalue weighted by Gasteiger charge is -2.10. The van der Waals surface area contributed by atoms with Crippen LogP contribution in [-0.4, -0.2) is 29.4 Å². The van der Waals surface area contributed by atoms with E-state index in [1.54, 1.807) is 47.2 Å². The highest BCUT2D eigenvalue weighted by Gasteiger charge is 2.18. The lowest BCUT2D eigenvalue weighted by molar-refractivity contribution is -0.137. The summed E-state index contributed by atoms with van der Waals surface area (Å²) in [6.07, 6.45) is 1.97. The number of carboxylic acid groups (broad SMARTS) is 1. The number of benzene rings is 1. The first-order valence-corrected chi connectivity index (χ1v) is 9.56. The summed E-state index contributed by atoms with van der Waals surface area (Å²) in [6.45, 7) is 1.64. The molecule has 3 rings (SSSR count). The number of aliphatic carboxylic acids is 1. The molecular weight excluding hydrogens is 388 g/mol. The van der Waals surface area contributed by atoms with Crippen LogP contribution in [0.1, 0.15) is 16.8 Å². The molecule has 0 spiro atoms. The van der Waals surface area contributed by atoms with Crippen LogP contribution in [0.25, 0.3) is 11.3 Å². The highest BCUT2D eigenvalue weighted by atomic mass is 35.5. The maximum absolute atomic E-state index is 11.6. The third-order valence-corrected chi connectivity index (χ3v) is 5.31. The third kappa shape index (κ3) is 4.27. The Hall–Kier alpha value is -2.48. The lowest BCUT2D eigenvalue weighted by atomic mass is 10.0. The smallest absolute Gasteiger partial charge is 0.323 e. The van der Waals surface area contributed by atoms with Gasteiger partial charge in [-0.3, -0.25) is 4.79 Å². The summed E-state index contributed by atoms with van der Waals surface area (Å²) in [5.74, 6) is -0.960. The van der Waals surface area contributed by atoms with E-state index in [0.29, 0.717) is 27.7 Å². The summed E-state index contributed by atoms with van der Waals surface area (Å²) in [7, 11) is 0. The second-order valence-corrected chi connectivity index (χ2v) is 7.35. The molecule has 0 aliphatic rings. The summed E-state index contributed by atoms with van der Waals surface area (Å²) in [5.41, 5.74) is 3.82. The van der Waals surface area contributed by atoms with Crippen molar-refractivity contribution >= 4 is 28.7 Å².